The maximum absolute atomic E-state index is 13.3. The highest BCUT2D eigenvalue weighted by Gasteiger charge is 2.25. The number of carbonyl (C=O) groups excluding carboxylic acids is 3. The van der Waals surface area contributed by atoms with Crippen molar-refractivity contribution in [2.45, 2.75) is 46.8 Å². The van der Waals surface area contributed by atoms with Crippen molar-refractivity contribution >= 4 is 53.9 Å². The van der Waals surface area contributed by atoms with Gasteiger partial charge in [0.15, 0.2) is 0 Å². The van der Waals surface area contributed by atoms with Crippen molar-refractivity contribution in [1.29, 1.82) is 0 Å². The van der Waals surface area contributed by atoms with E-state index in [4.69, 9.17) is 0 Å². The Kier molecular flexibility index (Phi) is 13.7. The van der Waals surface area contributed by atoms with Crippen LogP contribution in [0.15, 0.2) is 42.5 Å². The Balaban J connectivity index is 0.00000361. The van der Waals surface area contributed by atoms with E-state index in [9.17, 15) is 14.4 Å². The molecule has 3 rings (SSSR count). The van der Waals surface area contributed by atoms with Gasteiger partial charge in [0.05, 0.1) is 13.1 Å². The Morgan fingerprint density at radius 2 is 1.58 bits per heavy atom. The van der Waals surface area contributed by atoms with E-state index in [1.165, 1.54) is 18.1 Å². The van der Waals surface area contributed by atoms with Gasteiger partial charge in [0, 0.05) is 57.6 Å². The van der Waals surface area contributed by atoms with Crippen LogP contribution in [0.25, 0.3) is 0 Å². The lowest BCUT2D eigenvalue weighted by Crippen LogP contribution is -2.47. The molecule has 2 aromatic rings. The van der Waals surface area contributed by atoms with E-state index < -0.39 is 0 Å². The molecular weight excluding hydrogens is 527 g/mol. The van der Waals surface area contributed by atoms with E-state index in [-0.39, 0.29) is 61.7 Å². The lowest BCUT2D eigenvalue weighted by Gasteiger charge is -2.28. The first kappa shape index (κ1) is 33.3. The van der Waals surface area contributed by atoms with Gasteiger partial charge < -0.3 is 15.5 Å². The minimum Gasteiger partial charge on any atom is -0.326 e. The summed E-state index contributed by atoms with van der Waals surface area (Å²) in [5.74, 6) is -0.422. The molecule has 9 nitrogen and oxygen atoms in total. The predicted molar refractivity (Wildman–Crippen MR) is 157 cm³/mol. The van der Waals surface area contributed by atoms with Gasteiger partial charge in [-0.3, -0.25) is 24.7 Å². The highest BCUT2D eigenvalue weighted by atomic mass is 35.5. The molecule has 0 radical (unpaired) electrons. The van der Waals surface area contributed by atoms with Gasteiger partial charge in [0.2, 0.25) is 11.8 Å². The zero-order chi connectivity index (χ0) is 26.2. The average molecular weight is 568 g/mol. The second-order valence-electron chi connectivity index (χ2n) is 9.45. The molecule has 0 fully saturated rings. The smallest absolute Gasteiger partial charge is 0.250 e. The summed E-state index contributed by atoms with van der Waals surface area (Å²) in [4.78, 5) is 39.3. The highest BCUT2D eigenvalue weighted by Crippen LogP contribution is 2.25. The average Bonchev–Trinajstić information content (AvgIpc) is 3.26. The number of anilines is 2. The second kappa shape index (κ2) is 15.7. The fourth-order valence-electron chi connectivity index (χ4n) is 4.20. The van der Waals surface area contributed by atoms with Crippen molar-refractivity contribution < 1.29 is 14.4 Å². The van der Waals surface area contributed by atoms with Gasteiger partial charge in [0.1, 0.15) is 0 Å². The topological polar surface area (TPSA) is 97.0 Å². The van der Waals surface area contributed by atoms with Gasteiger partial charge in [-0.15, -0.1) is 24.8 Å². The molecule has 0 atom stereocenters. The van der Waals surface area contributed by atoms with Crippen molar-refractivity contribution in [3.8, 4) is 0 Å². The van der Waals surface area contributed by atoms with Crippen LogP contribution in [0.1, 0.15) is 37.5 Å². The summed E-state index contributed by atoms with van der Waals surface area (Å²) in [6, 6.07) is 14.0. The van der Waals surface area contributed by atoms with E-state index >= 15 is 0 Å². The van der Waals surface area contributed by atoms with E-state index in [2.05, 4.69) is 41.9 Å². The van der Waals surface area contributed by atoms with Crippen molar-refractivity contribution in [1.82, 2.24) is 20.7 Å². The summed E-state index contributed by atoms with van der Waals surface area (Å²) in [5, 5.41) is 12.8. The number of likely N-dealkylation sites (N-methyl/N-ethyl adjacent to an activating group) is 1. The molecule has 0 aromatic heterocycles. The largest absolute Gasteiger partial charge is 0.326 e. The van der Waals surface area contributed by atoms with Crippen LogP contribution in [-0.4, -0.2) is 67.0 Å². The molecule has 0 saturated carbocycles. The van der Waals surface area contributed by atoms with E-state index in [0.717, 1.165) is 11.3 Å². The minimum atomic E-state index is -0.172. The zero-order valence-electron chi connectivity index (χ0n) is 22.7. The fourth-order valence-corrected chi connectivity index (χ4v) is 4.20. The molecule has 38 heavy (non-hydrogen) atoms. The fraction of sp³-hybridized carbons (Fsp3) is 0.444. The first-order valence-corrected chi connectivity index (χ1v) is 12.4. The molecule has 0 spiro atoms. The first-order valence-electron chi connectivity index (χ1n) is 12.4. The van der Waals surface area contributed by atoms with Crippen LogP contribution in [-0.2, 0) is 27.5 Å². The van der Waals surface area contributed by atoms with Gasteiger partial charge in [-0.1, -0.05) is 44.2 Å². The maximum Gasteiger partial charge on any atom is 0.250 e. The van der Waals surface area contributed by atoms with Crippen molar-refractivity contribution in [3.63, 3.8) is 0 Å². The summed E-state index contributed by atoms with van der Waals surface area (Å²) in [6.45, 7) is 10.0. The lowest BCUT2D eigenvalue weighted by molar-refractivity contribution is -0.145. The number of hydrogen-bond acceptors (Lipinski definition) is 6. The van der Waals surface area contributed by atoms with E-state index in [1.807, 2.05) is 42.3 Å². The maximum atomic E-state index is 13.3. The molecule has 1 aliphatic heterocycles. The van der Waals surface area contributed by atoms with E-state index in [0.29, 0.717) is 31.9 Å². The van der Waals surface area contributed by atoms with Gasteiger partial charge in [0.25, 0.3) is 5.91 Å². The van der Waals surface area contributed by atoms with Crippen LogP contribution >= 0.6 is 24.8 Å². The molecule has 1 aliphatic rings. The minimum absolute atomic E-state index is 0. The predicted octanol–water partition coefficient (Wildman–Crippen LogP) is 3.11. The van der Waals surface area contributed by atoms with Gasteiger partial charge in [-0.2, -0.15) is 0 Å². The Morgan fingerprint density at radius 1 is 0.974 bits per heavy atom. The Labute approximate surface area is 238 Å². The summed E-state index contributed by atoms with van der Waals surface area (Å²) in [6.07, 6.45) is 0. The molecule has 1 heterocycles. The number of carbonyl (C=O) groups is 3. The number of nitrogens with zero attached hydrogens (tertiary/aromatic N) is 3. The molecule has 0 aliphatic carbocycles. The number of hydrazine groups is 1. The van der Waals surface area contributed by atoms with Crippen LogP contribution in [0.2, 0.25) is 0 Å². The Bertz CT molecular complexity index is 1070. The number of benzene rings is 2. The number of amides is 3. The number of halogens is 2. The summed E-state index contributed by atoms with van der Waals surface area (Å²) in [7, 11) is 1.76. The summed E-state index contributed by atoms with van der Waals surface area (Å²) < 4.78 is 0. The third-order valence-electron chi connectivity index (χ3n) is 6.17. The molecule has 210 valence electrons. The van der Waals surface area contributed by atoms with Gasteiger partial charge in [-0.25, -0.2) is 5.01 Å². The van der Waals surface area contributed by atoms with Crippen LogP contribution in [0, 0.1) is 6.92 Å². The third-order valence-corrected chi connectivity index (χ3v) is 6.17. The van der Waals surface area contributed by atoms with Crippen LogP contribution in [0.5, 0.6) is 0 Å². The molecule has 0 bridgehead atoms. The quantitative estimate of drug-likeness (QED) is 0.386. The number of fused-ring (bicyclic) bond motifs is 1. The zero-order valence-corrected chi connectivity index (χ0v) is 24.4. The summed E-state index contributed by atoms with van der Waals surface area (Å²) >= 11 is 0. The van der Waals surface area contributed by atoms with Crippen molar-refractivity contribution in [3.05, 3.63) is 59.2 Å². The molecule has 3 amide bonds. The van der Waals surface area contributed by atoms with Gasteiger partial charge >= 0.3 is 0 Å². The number of rotatable bonds is 11. The van der Waals surface area contributed by atoms with Crippen LogP contribution < -0.4 is 20.9 Å². The van der Waals surface area contributed by atoms with Crippen molar-refractivity contribution in [2.24, 2.45) is 0 Å². The Hall–Kier alpha value is -2.69. The first-order chi connectivity index (χ1) is 17.2. The Morgan fingerprint density at radius 3 is 2.16 bits per heavy atom. The highest BCUT2D eigenvalue weighted by molar-refractivity contribution is 5.97. The van der Waals surface area contributed by atoms with Crippen LogP contribution in [0.3, 0.4) is 0 Å². The SMILES string of the molecule is CC(=O)Nc1ccc(C)c(N(CCNC(C)C)C(=O)CNCC(=O)N(C)N2Cc3ccccc3C2)c1.Cl.Cl. The number of aryl methyl sites for hydroxylation is 1. The number of hydrogen-bond donors (Lipinski definition) is 3. The molecule has 0 unspecified atom stereocenters. The standard InChI is InChI=1S/C27H38N6O3.2ClH/c1-19(2)29-12-13-33(25-14-24(30-21(4)34)11-10-20(25)3)27(36)16-28-15-26(35)31(5)32-17-22-8-6-7-9-23(22)18-32;;/h6-11,14,19,28-29H,12-13,15-18H2,1-5H3,(H,30,34);2*1H. The van der Waals surface area contributed by atoms with Crippen LogP contribution in [0.4, 0.5) is 11.4 Å². The molecule has 11 heteroatoms. The molecule has 2 aromatic carbocycles. The molecule has 0 saturated heterocycles. The van der Waals surface area contributed by atoms with E-state index in [1.54, 1.807) is 17.0 Å². The molecular formula is C27H40Cl2N6O3. The monoisotopic (exact) mass is 566 g/mol. The summed E-state index contributed by atoms with van der Waals surface area (Å²) in [5.41, 5.74) is 4.74. The third kappa shape index (κ3) is 9.25. The number of nitrogens with one attached hydrogen (secondary N) is 3. The van der Waals surface area contributed by atoms with Crippen molar-refractivity contribution in [2.75, 3.05) is 43.4 Å². The molecule has 3 N–H and O–H groups in total. The second-order valence-corrected chi connectivity index (χ2v) is 9.45. The normalized spacial score (nSPS) is 12.3. The van der Waals surface area contributed by atoms with Gasteiger partial charge in [-0.05, 0) is 35.7 Å². The lowest BCUT2D eigenvalue weighted by atomic mass is 10.1.